The van der Waals surface area contributed by atoms with E-state index in [2.05, 4.69) is 4.74 Å². The first-order valence-electron chi connectivity index (χ1n) is 4.89. The van der Waals surface area contributed by atoms with Crippen LogP contribution in [0.4, 0.5) is 0 Å². The molecule has 0 bridgehead atoms. The Morgan fingerprint density at radius 2 is 2.06 bits per heavy atom. The third-order valence-corrected chi connectivity index (χ3v) is 2.71. The molecule has 1 aromatic carbocycles. The molecular weight excluding hydrogens is 247 g/mol. The van der Waals surface area contributed by atoms with Gasteiger partial charge in [0.2, 0.25) is 0 Å². The Morgan fingerprint density at radius 3 is 2.56 bits per heavy atom. The van der Waals surface area contributed by atoms with Crippen molar-refractivity contribution in [2.75, 3.05) is 7.11 Å². The van der Waals surface area contributed by atoms with Crippen molar-refractivity contribution in [1.29, 1.82) is 0 Å². The van der Waals surface area contributed by atoms with E-state index in [9.17, 15) is 4.79 Å². The van der Waals surface area contributed by atoms with Gasteiger partial charge in [0.05, 0.1) is 18.4 Å². The molecule has 0 aliphatic rings. The van der Waals surface area contributed by atoms with Crippen LogP contribution in [-0.4, -0.2) is 13.1 Å². The molecule has 0 heterocycles. The SMILES string of the molecule is COC(=O)Cc1ccc(Cl)cc1C(C)(C)Cl. The topological polar surface area (TPSA) is 26.3 Å². The van der Waals surface area contributed by atoms with Crippen LogP contribution in [0.5, 0.6) is 0 Å². The fourth-order valence-corrected chi connectivity index (χ4v) is 1.83. The van der Waals surface area contributed by atoms with Crippen molar-refractivity contribution in [3.63, 3.8) is 0 Å². The molecule has 0 amide bonds. The summed E-state index contributed by atoms with van der Waals surface area (Å²) in [5, 5.41) is 0.609. The molecule has 0 unspecified atom stereocenters. The zero-order valence-corrected chi connectivity index (χ0v) is 11.0. The second-order valence-corrected chi connectivity index (χ2v) is 5.41. The van der Waals surface area contributed by atoms with Crippen LogP contribution in [0.3, 0.4) is 0 Å². The van der Waals surface area contributed by atoms with Crippen LogP contribution in [0, 0.1) is 0 Å². The summed E-state index contributed by atoms with van der Waals surface area (Å²) in [6, 6.07) is 5.33. The Bertz CT molecular complexity index is 394. The van der Waals surface area contributed by atoms with Gasteiger partial charge in [-0.05, 0) is 37.1 Å². The fraction of sp³-hybridized carbons (Fsp3) is 0.417. The van der Waals surface area contributed by atoms with Crippen molar-refractivity contribution in [2.24, 2.45) is 0 Å². The Morgan fingerprint density at radius 1 is 1.44 bits per heavy atom. The maximum atomic E-state index is 11.2. The van der Waals surface area contributed by atoms with Gasteiger partial charge in [-0.2, -0.15) is 0 Å². The third kappa shape index (κ3) is 3.39. The lowest BCUT2D eigenvalue weighted by atomic mass is 9.95. The van der Waals surface area contributed by atoms with E-state index in [1.807, 2.05) is 13.8 Å². The van der Waals surface area contributed by atoms with Gasteiger partial charge in [0, 0.05) is 5.02 Å². The molecule has 1 aromatic rings. The predicted molar refractivity (Wildman–Crippen MR) is 66.1 cm³/mol. The molecule has 1 rings (SSSR count). The second-order valence-electron chi connectivity index (χ2n) is 4.03. The van der Waals surface area contributed by atoms with Gasteiger partial charge in [-0.15, -0.1) is 11.6 Å². The van der Waals surface area contributed by atoms with E-state index in [1.165, 1.54) is 7.11 Å². The number of carbonyl (C=O) groups is 1. The minimum absolute atomic E-state index is 0.207. The van der Waals surface area contributed by atoms with Crippen LogP contribution >= 0.6 is 23.2 Å². The largest absolute Gasteiger partial charge is 0.469 e. The number of rotatable bonds is 3. The molecule has 0 aliphatic carbocycles. The van der Waals surface area contributed by atoms with E-state index < -0.39 is 4.87 Å². The molecule has 0 radical (unpaired) electrons. The van der Waals surface area contributed by atoms with Crippen molar-refractivity contribution in [3.8, 4) is 0 Å². The lowest BCUT2D eigenvalue weighted by molar-refractivity contribution is -0.139. The Labute approximate surface area is 106 Å². The second kappa shape index (κ2) is 5.07. The molecule has 0 saturated heterocycles. The van der Waals surface area contributed by atoms with Gasteiger partial charge >= 0.3 is 5.97 Å². The number of halogens is 2. The summed E-state index contributed by atoms with van der Waals surface area (Å²) in [6.45, 7) is 3.72. The van der Waals surface area contributed by atoms with Gasteiger partial charge in [-0.25, -0.2) is 0 Å². The predicted octanol–water partition coefficient (Wildman–Crippen LogP) is 3.53. The van der Waals surface area contributed by atoms with Gasteiger partial charge in [0.15, 0.2) is 0 Å². The van der Waals surface area contributed by atoms with Crippen molar-refractivity contribution < 1.29 is 9.53 Å². The number of hydrogen-bond donors (Lipinski definition) is 0. The number of carbonyl (C=O) groups excluding carboxylic acids is 1. The van der Waals surface area contributed by atoms with E-state index in [0.29, 0.717) is 5.02 Å². The summed E-state index contributed by atoms with van der Waals surface area (Å²) >= 11 is 12.2. The molecule has 0 saturated carbocycles. The lowest BCUT2D eigenvalue weighted by Gasteiger charge is -2.20. The first-order chi connectivity index (χ1) is 7.34. The maximum absolute atomic E-state index is 11.2. The molecule has 16 heavy (non-hydrogen) atoms. The number of alkyl halides is 1. The van der Waals surface area contributed by atoms with Gasteiger partial charge in [0.25, 0.3) is 0 Å². The molecule has 0 N–H and O–H groups in total. The van der Waals surface area contributed by atoms with Gasteiger partial charge in [-0.1, -0.05) is 17.7 Å². The molecular formula is C12H14Cl2O2. The summed E-state index contributed by atoms with van der Waals surface area (Å²) < 4.78 is 4.64. The van der Waals surface area contributed by atoms with Crippen molar-refractivity contribution >= 4 is 29.2 Å². The molecule has 88 valence electrons. The number of ether oxygens (including phenoxy) is 1. The highest BCUT2D eigenvalue weighted by atomic mass is 35.5. The maximum Gasteiger partial charge on any atom is 0.309 e. The van der Waals surface area contributed by atoms with Crippen LogP contribution in [-0.2, 0) is 20.8 Å². The van der Waals surface area contributed by atoms with E-state index in [0.717, 1.165) is 11.1 Å². The number of esters is 1. The fourth-order valence-electron chi connectivity index (χ4n) is 1.48. The Balaban J connectivity index is 3.13. The van der Waals surface area contributed by atoms with Gasteiger partial charge in [0.1, 0.15) is 0 Å². The number of methoxy groups -OCH3 is 1. The molecule has 0 aliphatic heterocycles. The van der Waals surface area contributed by atoms with Crippen LogP contribution in [0.2, 0.25) is 5.02 Å². The van der Waals surface area contributed by atoms with E-state index >= 15 is 0 Å². The smallest absolute Gasteiger partial charge is 0.309 e. The summed E-state index contributed by atoms with van der Waals surface area (Å²) in [4.78, 5) is 10.7. The van der Waals surface area contributed by atoms with Gasteiger partial charge in [-0.3, -0.25) is 4.79 Å². The molecule has 0 atom stereocenters. The normalized spacial score (nSPS) is 11.3. The van der Waals surface area contributed by atoms with Crippen molar-refractivity contribution in [2.45, 2.75) is 25.1 Å². The number of benzene rings is 1. The minimum Gasteiger partial charge on any atom is -0.469 e. The zero-order valence-electron chi connectivity index (χ0n) is 9.51. The van der Waals surface area contributed by atoms with Crippen LogP contribution < -0.4 is 0 Å². The highest BCUT2D eigenvalue weighted by Gasteiger charge is 2.22. The summed E-state index contributed by atoms with van der Waals surface area (Å²) in [5.74, 6) is -0.288. The zero-order chi connectivity index (χ0) is 12.3. The average Bonchev–Trinajstić information content (AvgIpc) is 2.19. The first kappa shape index (κ1) is 13.3. The highest BCUT2D eigenvalue weighted by molar-refractivity contribution is 6.31. The Kier molecular flexibility index (Phi) is 4.22. The van der Waals surface area contributed by atoms with Crippen molar-refractivity contribution in [3.05, 3.63) is 34.3 Å². The minimum atomic E-state index is -0.561. The molecule has 0 fully saturated rings. The summed E-state index contributed by atoms with van der Waals surface area (Å²) in [5.41, 5.74) is 1.70. The standard InChI is InChI=1S/C12H14Cl2O2/c1-12(2,14)10-7-9(13)5-4-8(10)6-11(15)16-3/h4-5,7H,6H2,1-3H3. The van der Waals surface area contributed by atoms with E-state index in [-0.39, 0.29) is 12.4 Å². The Hall–Kier alpha value is -0.730. The van der Waals surface area contributed by atoms with E-state index in [4.69, 9.17) is 23.2 Å². The molecule has 0 aromatic heterocycles. The molecule has 0 spiro atoms. The molecule has 4 heteroatoms. The van der Waals surface area contributed by atoms with Crippen LogP contribution in [0.1, 0.15) is 25.0 Å². The van der Waals surface area contributed by atoms with Crippen LogP contribution in [0.15, 0.2) is 18.2 Å². The average molecular weight is 261 g/mol. The van der Waals surface area contributed by atoms with Gasteiger partial charge < -0.3 is 4.74 Å². The number of hydrogen-bond acceptors (Lipinski definition) is 2. The van der Waals surface area contributed by atoms with Crippen LogP contribution in [0.25, 0.3) is 0 Å². The lowest BCUT2D eigenvalue weighted by Crippen LogP contribution is -2.14. The first-order valence-corrected chi connectivity index (χ1v) is 5.65. The quantitative estimate of drug-likeness (QED) is 0.614. The molecule has 2 nitrogen and oxygen atoms in total. The van der Waals surface area contributed by atoms with Crippen molar-refractivity contribution in [1.82, 2.24) is 0 Å². The van der Waals surface area contributed by atoms with E-state index in [1.54, 1.807) is 18.2 Å². The summed E-state index contributed by atoms with van der Waals surface area (Å²) in [7, 11) is 1.36. The monoisotopic (exact) mass is 260 g/mol. The highest BCUT2D eigenvalue weighted by Crippen LogP contribution is 2.32. The third-order valence-electron chi connectivity index (χ3n) is 2.27. The summed E-state index contributed by atoms with van der Waals surface area (Å²) in [6.07, 6.45) is 0.207.